The molecule has 1 aromatic rings. The maximum atomic E-state index is 5.03. The van der Waals surface area contributed by atoms with Gasteiger partial charge in [0.2, 0.25) is 0 Å². The highest BCUT2D eigenvalue weighted by atomic mass is 16.3. The molecule has 0 saturated carbocycles. The van der Waals surface area contributed by atoms with Gasteiger partial charge in [-0.2, -0.15) is 0 Å². The normalized spacial score (nSPS) is 21.8. The third-order valence-electron chi connectivity index (χ3n) is 3.65. The van der Waals surface area contributed by atoms with Crippen LogP contribution in [0.25, 0.3) is 0 Å². The largest absolute Gasteiger partial charge is 0.472 e. The van der Waals surface area contributed by atoms with Crippen molar-refractivity contribution in [3.8, 4) is 0 Å². The number of nitrogens with one attached hydrogen (secondary N) is 1. The van der Waals surface area contributed by atoms with Gasteiger partial charge in [-0.25, -0.2) is 0 Å². The summed E-state index contributed by atoms with van der Waals surface area (Å²) in [6.45, 7) is 6.90. The minimum Gasteiger partial charge on any atom is -0.472 e. The Morgan fingerprint density at radius 3 is 3.18 bits per heavy atom. The average molecular weight is 236 g/mol. The molecular formula is C14H24N2O. The Bertz CT molecular complexity index is 297. The molecule has 0 radical (unpaired) electrons. The average Bonchev–Trinajstić information content (AvgIpc) is 2.84. The second-order valence-electron chi connectivity index (χ2n) is 5.04. The number of likely N-dealkylation sites (tertiary alicyclic amines) is 1. The predicted molar refractivity (Wildman–Crippen MR) is 69.9 cm³/mol. The summed E-state index contributed by atoms with van der Waals surface area (Å²) in [5.41, 5.74) is 1.23. The lowest BCUT2D eigenvalue weighted by Gasteiger charge is -2.33. The number of hydrogen-bond donors (Lipinski definition) is 1. The smallest absolute Gasteiger partial charge is 0.0947 e. The van der Waals surface area contributed by atoms with E-state index in [1.807, 2.05) is 6.07 Å². The van der Waals surface area contributed by atoms with E-state index in [4.69, 9.17) is 4.42 Å². The standard InChI is InChI=1S/C14H24N2O/c1-13-5-2-3-8-16(13)9-4-7-15-11-14-6-10-17-12-14/h6,10,12-13,15H,2-5,7-9,11H2,1H3. The molecule has 1 aromatic heterocycles. The third-order valence-corrected chi connectivity index (χ3v) is 3.65. The van der Waals surface area contributed by atoms with Gasteiger partial charge in [-0.05, 0) is 51.9 Å². The fraction of sp³-hybridized carbons (Fsp3) is 0.714. The molecule has 0 aliphatic carbocycles. The molecule has 2 rings (SSSR count). The SMILES string of the molecule is CC1CCCCN1CCCNCc1ccoc1. The molecule has 96 valence electrons. The first-order chi connectivity index (χ1) is 8.36. The zero-order valence-corrected chi connectivity index (χ0v) is 10.8. The van der Waals surface area contributed by atoms with Crippen LogP contribution in [0.1, 0.15) is 38.2 Å². The molecule has 3 nitrogen and oxygen atoms in total. The van der Waals surface area contributed by atoms with E-state index >= 15 is 0 Å². The minimum absolute atomic E-state index is 0.789. The Labute approximate surface area is 104 Å². The van der Waals surface area contributed by atoms with Crippen molar-refractivity contribution < 1.29 is 4.42 Å². The predicted octanol–water partition coefficient (Wildman–Crippen LogP) is 2.63. The maximum absolute atomic E-state index is 5.03. The van der Waals surface area contributed by atoms with Crippen LogP contribution in [0.5, 0.6) is 0 Å². The van der Waals surface area contributed by atoms with Gasteiger partial charge in [0.1, 0.15) is 0 Å². The fourth-order valence-electron chi connectivity index (χ4n) is 2.52. The van der Waals surface area contributed by atoms with Gasteiger partial charge in [0.25, 0.3) is 0 Å². The molecule has 2 heterocycles. The summed E-state index contributed by atoms with van der Waals surface area (Å²) in [5.74, 6) is 0. The molecular weight excluding hydrogens is 212 g/mol. The van der Waals surface area contributed by atoms with Gasteiger partial charge < -0.3 is 14.6 Å². The zero-order valence-electron chi connectivity index (χ0n) is 10.8. The molecule has 0 aromatic carbocycles. The van der Waals surface area contributed by atoms with Crippen LogP contribution >= 0.6 is 0 Å². The van der Waals surface area contributed by atoms with Crippen LogP contribution in [0, 0.1) is 0 Å². The lowest BCUT2D eigenvalue weighted by atomic mass is 10.0. The molecule has 0 spiro atoms. The highest BCUT2D eigenvalue weighted by Gasteiger charge is 2.16. The van der Waals surface area contributed by atoms with E-state index in [0.29, 0.717) is 0 Å². The molecule has 1 atom stereocenters. The van der Waals surface area contributed by atoms with Crippen molar-refractivity contribution in [2.75, 3.05) is 19.6 Å². The summed E-state index contributed by atoms with van der Waals surface area (Å²) in [6.07, 6.45) is 8.94. The Balaban J connectivity index is 1.53. The Morgan fingerprint density at radius 2 is 2.41 bits per heavy atom. The lowest BCUT2D eigenvalue weighted by molar-refractivity contribution is 0.159. The zero-order chi connectivity index (χ0) is 11.9. The maximum Gasteiger partial charge on any atom is 0.0947 e. The van der Waals surface area contributed by atoms with Gasteiger partial charge >= 0.3 is 0 Å². The van der Waals surface area contributed by atoms with Crippen molar-refractivity contribution >= 4 is 0 Å². The first kappa shape index (κ1) is 12.7. The molecule has 1 aliphatic heterocycles. The third kappa shape index (κ3) is 4.17. The second kappa shape index (κ2) is 6.82. The van der Waals surface area contributed by atoms with Crippen molar-refractivity contribution in [3.63, 3.8) is 0 Å². The molecule has 0 bridgehead atoms. The van der Waals surface area contributed by atoms with Crippen molar-refractivity contribution in [1.29, 1.82) is 0 Å². The quantitative estimate of drug-likeness (QED) is 0.770. The molecule has 1 fully saturated rings. The number of rotatable bonds is 6. The number of furan rings is 1. The topological polar surface area (TPSA) is 28.4 Å². The number of hydrogen-bond acceptors (Lipinski definition) is 3. The summed E-state index contributed by atoms with van der Waals surface area (Å²) in [7, 11) is 0. The highest BCUT2D eigenvalue weighted by Crippen LogP contribution is 2.16. The van der Waals surface area contributed by atoms with E-state index in [9.17, 15) is 0 Å². The lowest BCUT2D eigenvalue weighted by Crippen LogP contribution is -2.38. The summed E-state index contributed by atoms with van der Waals surface area (Å²) in [5, 5.41) is 3.46. The monoisotopic (exact) mass is 236 g/mol. The van der Waals surface area contributed by atoms with Gasteiger partial charge in [0, 0.05) is 18.2 Å². The summed E-state index contributed by atoms with van der Waals surface area (Å²) in [4.78, 5) is 2.63. The van der Waals surface area contributed by atoms with Gasteiger partial charge in [0.15, 0.2) is 0 Å². The van der Waals surface area contributed by atoms with Crippen LogP contribution in [0.4, 0.5) is 0 Å². The molecule has 17 heavy (non-hydrogen) atoms. The van der Waals surface area contributed by atoms with Gasteiger partial charge in [-0.3, -0.25) is 0 Å². The summed E-state index contributed by atoms with van der Waals surface area (Å²) >= 11 is 0. The van der Waals surface area contributed by atoms with Crippen molar-refractivity contribution in [3.05, 3.63) is 24.2 Å². The van der Waals surface area contributed by atoms with Gasteiger partial charge in [-0.15, -0.1) is 0 Å². The van der Waals surface area contributed by atoms with E-state index in [1.165, 1.54) is 44.3 Å². The number of piperidine rings is 1. The van der Waals surface area contributed by atoms with Crippen molar-refractivity contribution in [2.45, 2.75) is 45.2 Å². The van der Waals surface area contributed by atoms with E-state index in [1.54, 1.807) is 12.5 Å². The van der Waals surface area contributed by atoms with Crippen LogP contribution in [-0.4, -0.2) is 30.6 Å². The van der Waals surface area contributed by atoms with E-state index < -0.39 is 0 Å². The number of nitrogens with zero attached hydrogens (tertiary/aromatic N) is 1. The fourth-order valence-corrected chi connectivity index (χ4v) is 2.52. The van der Waals surface area contributed by atoms with Crippen LogP contribution < -0.4 is 5.32 Å². The minimum atomic E-state index is 0.789. The Kier molecular flexibility index (Phi) is 5.08. The van der Waals surface area contributed by atoms with Crippen molar-refractivity contribution in [2.24, 2.45) is 0 Å². The Hall–Kier alpha value is -0.800. The molecule has 1 aliphatic rings. The van der Waals surface area contributed by atoms with E-state index in [0.717, 1.165) is 19.1 Å². The first-order valence-electron chi connectivity index (χ1n) is 6.82. The second-order valence-corrected chi connectivity index (χ2v) is 5.04. The van der Waals surface area contributed by atoms with E-state index in [2.05, 4.69) is 17.1 Å². The first-order valence-corrected chi connectivity index (χ1v) is 6.82. The molecule has 1 unspecified atom stereocenters. The summed E-state index contributed by atoms with van der Waals surface area (Å²) in [6, 6.07) is 2.80. The molecule has 0 amide bonds. The van der Waals surface area contributed by atoms with Gasteiger partial charge in [-0.1, -0.05) is 6.42 Å². The highest BCUT2D eigenvalue weighted by molar-refractivity contribution is 5.04. The van der Waals surface area contributed by atoms with Gasteiger partial charge in [0.05, 0.1) is 12.5 Å². The molecule has 1 N–H and O–H groups in total. The molecule has 1 saturated heterocycles. The van der Waals surface area contributed by atoms with Crippen LogP contribution in [-0.2, 0) is 6.54 Å². The molecule has 3 heteroatoms. The van der Waals surface area contributed by atoms with Crippen LogP contribution in [0.15, 0.2) is 23.0 Å². The van der Waals surface area contributed by atoms with Crippen LogP contribution in [0.2, 0.25) is 0 Å². The Morgan fingerprint density at radius 1 is 1.47 bits per heavy atom. The summed E-state index contributed by atoms with van der Waals surface area (Å²) < 4.78 is 5.03. The van der Waals surface area contributed by atoms with Crippen molar-refractivity contribution in [1.82, 2.24) is 10.2 Å². The van der Waals surface area contributed by atoms with E-state index in [-0.39, 0.29) is 0 Å². The van der Waals surface area contributed by atoms with Crippen LogP contribution in [0.3, 0.4) is 0 Å².